The van der Waals surface area contributed by atoms with Gasteiger partial charge in [-0.05, 0) is 39.3 Å². The quantitative estimate of drug-likeness (QED) is 0.711. The van der Waals surface area contributed by atoms with Crippen LogP contribution in [0.4, 0.5) is 0 Å². The molecule has 0 saturated heterocycles. The highest BCUT2D eigenvalue weighted by molar-refractivity contribution is 5.80. The van der Waals surface area contributed by atoms with Crippen molar-refractivity contribution in [1.29, 1.82) is 0 Å². The fourth-order valence-corrected chi connectivity index (χ4v) is 1.68. The van der Waals surface area contributed by atoms with Gasteiger partial charge in [0.25, 0.3) is 5.91 Å². The second-order valence-electron chi connectivity index (χ2n) is 5.00. The molecule has 0 radical (unpaired) electrons. The molecule has 0 spiro atoms. The molecule has 1 amide bonds. The molecular weight excluding hydrogens is 270 g/mol. The second-order valence-corrected chi connectivity index (χ2v) is 5.00. The first-order valence-electron chi connectivity index (χ1n) is 7.23. The number of carbonyl (C=O) groups is 1. The number of carbonyl (C=O) groups excluding carboxylic acids is 1. The molecule has 21 heavy (non-hydrogen) atoms. The normalized spacial score (nSPS) is 12.0. The van der Waals surface area contributed by atoms with E-state index in [0.29, 0.717) is 24.7 Å². The van der Waals surface area contributed by atoms with Crippen molar-refractivity contribution < 1.29 is 19.0 Å². The topological polar surface area (TPSA) is 56.8 Å². The zero-order valence-corrected chi connectivity index (χ0v) is 13.2. The molecule has 0 bridgehead atoms. The molecule has 5 nitrogen and oxygen atoms in total. The number of ether oxygens (including phenoxy) is 3. The maximum absolute atomic E-state index is 11.9. The summed E-state index contributed by atoms with van der Waals surface area (Å²) in [7, 11) is 1.59. The zero-order valence-electron chi connectivity index (χ0n) is 13.2. The summed E-state index contributed by atoms with van der Waals surface area (Å²) in [5.41, 5.74) is 0. The first-order valence-corrected chi connectivity index (χ1v) is 7.23. The Morgan fingerprint density at radius 2 is 1.95 bits per heavy atom. The molecule has 0 aliphatic rings. The van der Waals surface area contributed by atoms with Gasteiger partial charge in [-0.25, -0.2) is 0 Å². The number of methoxy groups -OCH3 is 1. The Kier molecular flexibility index (Phi) is 7.61. The van der Waals surface area contributed by atoms with E-state index in [1.807, 2.05) is 26.0 Å². The maximum atomic E-state index is 11.9. The van der Waals surface area contributed by atoms with Crippen molar-refractivity contribution in [3.63, 3.8) is 0 Å². The molecule has 1 rings (SSSR count). The summed E-state index contributed by atoms with van der Waals surface area (Å²) in [4.78, 5) is 11.9. The van der Waals surface area contributed by atoms with Gasteiger partial charge in [-0.1, -0.05) is 6.07 Å². The van der Waals surface area contributed by atoms with Crippen molar-refractivity contribution in [3.05, 3.63) is 24.3 Å². The number of hydrogen-bond donors (Lipinski definition) is 1. The highest BCUT2D eigenvalue weighted by atomic mass is 16.5. The Morgan fingerprint density at radius 3 is 2.62 bits per heavy atom. The van der Waals surface area contributed by atoms with Gasteiger partial charge < -0.3 is 19.5 Å². The molecule has 118 valence electrons. The fourth-order valence-electron chi connectivity index (χ4n) is 1.68. The van der Waals surface area contributed by atoms with Gasteiger partial charge in [-0.2, -0.15) is 0 Å². The molecule has 0 fully saturated rings. The lowest BCUT2D eigenvalue weighted by molar-refractivity contribution is -0.127. The Bertz CT molecular complexity index is 434. The molecule has 1 atom stereocenters. The predicted octanol–water partition coefficient (Wildman–Crippen LogP) is 2.39. The standard InChI is InChI=1S/C16H25NO4/c1-12(2)20-10-6-9-17-16(18)13(3)21-15-8-5-7-14(11-15)19-4/h5,7-8,11-13H,6,9-10H2,1-4H3,(H,17,18)/t13-/m1/s1. The van der Waals surface area contributed by atoms with Gasteiger partial charge in [0, 0.05) is 19.2 Å². The van der Waals surface area contributed by atoms with Crippen LogP contribution in [0.15, 0.2) is 24.3 Å². The molecule has 0 saturated carbocycles. The van der Waals surface area contributed by atoms with E-state index in [9.17, 15) is 4.79 Å². The molecule has 0 unspecified atom stereocenters. The Balaban J connectivity index is 2.30. The van der Waals surface area contributed by atoms with Gasteiger partial charge in [0.15, 0.2) is 6.10 Å². The summed E-state index contributed by atoms with van der Waals surface area (Å²) < 4.78 is 16.1. The van der Waals surface area contributed by atoms with Crippen molar-refractivity contribution in [1.82, 2.24) is 5.32 Å². The fraction of sp³-hybridized carbons (Fsp3) is 0.562. The van der Waals surface area contributed by atoms with Gasteiger partial charge in [0.05, 0.1) is 13.2 Å². The summed E-state index contributed by atoms with van der Waals surface area (Å²) in [6.45, 7) is 6.92. The lowest BCUT2D eigenvalue weighted by atomic mass is 10.3. The smallest absolute Gasteiger partial charge is 0.260 e. The van der Waals surface area contributed by atoms with Crippen molar-refractivity contribution in [2.45, 2.75) is 39.4 Å². The van der Waals surface area contributed by atoms with E-state index in [0.717, 1.165) is 6.42 Å². The van der Waals surface area contributed by atoms with E-state index < -0.39 is 6.10 Å². The van der Waals surface area contributed by atoms with E-state index in [-0.39, 0.29) is 12.0 Å². The highest BCUT2D eigenvalue weighted by Crippen LogP contribution is 2.19. The third-order valence-corrected chi connectivity index (χ3v) is 2.79. The third kappa shape index (κ3) is 6.99. The van der Waals surface area contributed by atoms with Crippen LogP contribution in [0.3, 0.4) is 0 Å². The van der Waals surface area contributed by atoms with E-state index in [2.05, 4.69) is 5.32 Å². The lowest BCUT2D eigenvalue weighted by Crippen LogP contribution is -2.37. The summed E-state index contributed by atoms with van der Waals surface area (Å²) >= 11 is 0. The minimum Gasteiger partial charge on any atom is -0.497 e. The van der Waals surface area contributed by atoms with Crippen molar-refractivity contribution in [2.75, 3.05) is 20.3 Å². The van der Waals surface area contributed by atoms with E-state index in [1.165, 1.54) is 0 Å². The van der Waals surface area contributed by atoms with Crippen LogP contribution < -0.4 is 14.8 Å². The number of nitrogens with one attached hydrogen (secondary N) is 1. The average Bonchev–Trinajstić information content (AvgIpc) is 2.46. The average molecular weight is 295 g/mol. The Labute approximate surface area is 126 Å². The third-order valence-electron chi connectivity index (χ3n) is 2.79. The predicted molar refractivity (Wildman–Crippen MR) is 81.8 cm³/mol. The van der Waals surface area contributed by atoms with Crippen molar-refractivity contribution in [2.24, 2.45) is 0 Å². The summed E-state index contributed by atoms with van der Waals surface area (Å²) in [5.74, 6) is 1.17. The SMILES string of the molecule is COc1cccc(O[C@H](C)C(=O)NCCCOC(C)C)c1. The number of amides is 1. The van der Waals surface area contributed by atoms with Crippen LogP contribution in [-0.4, -0.2) is 38.4 Å². The highest BCUT2D eigenvalue weighted by Gasteiger charge is 2.14. The van der Waals surface area contributed by atoms with Crippen LogP contribution >= 0.6 is 0 Å². The van der Waals surface area contributed by atoms with Gasteiger partial charge in [0.1, 0.15) is 11.5 Å². The first-order chi connectivity index (χ1) is 10.0. The van der Waals surface area contributed by atoms with Crippen LogP contribution in [0.1, 0.15) is 27.2 Å². The minimum absolute atomic E-state index is 0.137. The van der Waals surface area contributed by atoms with E-state index >= 15 is 0 Å². The molecule has 0 aromatic heterocycles. The first kappa shape index (κ1) is 17.3. The zero-order chi connectivity index (χ0) is 15.7. The number of benzene rings is 1. The Hall–Kier alpha value is -1.75. The van der Waals surface area contributed by atoms with Crippen LogP contribution in [0.25, 0.3) is 0 Å². The van der Waals surface area contributed by atoms with Crippen molar-refractivity contribution >= 4 is 5.91 Å². The molecule has 0 aliphatic carbocycles. The van der Waals surface area contributed by atoms with Gasteiger partial charge in [-0.3, -0.25) is 4.79 Å². The largest absolute Gasteiger partial charge is 0.497 e. The molecule has 0 heterocycles. The number of rotatable bonds is 9. The summed E-state index contributed by atoms with van der Waals surface area (Å²) in [6.07, 6.45) is 0.453. The monoisotopic (exact) mass is 295 g/mol. The molecule has 1 N–H and O–H groups in total. The molecular formula is C16H25NO4. The van der Waals surface area contributed by atoms with Crippen LogP contribution in [0.2, 0.25) is 0 Å². The van der Waals surface area contributed by atoms with Crippen LogP contribution in [0, 0.1) is 0 Å². The summed E-state index contributed by atoms with van der Waals surface area (Å²) in [6, 6.07) is 7.19. The maximum Gasteiger partial charge on any atom is 0.260 e. The molecule has 1 aromatic carbocycles. The Morgan fingerprint density at radius 1 is 1.24 bits per heavy atom. The second kappa shape index (κ2) is 9.23. The number of hydrogen-bond acceptors (Lipinski definition) is 4. The molecule has 0 aliphatic heterocycles. The lowest BCUT2D eigenvalue weighted by Gasteiger charge is -2.15. The molecule has 1 aromatic rings. The van der Waals surface area contributed by atoms with E-state index in [1.54, 1.807) is 26.2 Å². The summed E-state index contributed by atoms with van der Waals surface area (Å²) in [5, 5.41) is 2.83. The van der Waals surface area contributed by atoms with Gasteiger partial charge in [-0.15, -0.1) is 0 Å². The molecule has 5 heteroatoms. The minimum atomic E-state index is -0.553. The van der Waals surface area contributed by atoms with Crippen LogP contribution in [0.5, 0.6) is 11.5 Å². The van der Waals surface area contributed by atoms with E-state index in [4.69, 9.17) is 14.2 Å². The van der Waals surface area contributed by atoms with Gasteiger partial charge in [0.2, 0.25) is 0 Å². The van der Waals surface area contributed by atoms with Gasteiger partial charge >= 0.3 is 0 Å². The van der Waals surface area contributed by atoms with Crippen LogP contribution in [-0.2, 0) is 9.53 Å². The van der Waals surface area contributed by atoms with Crippen molar-refractivity contribution in [3.8, 4) is 11.5 Å².